The maximum atomic E-state index is 12.8. The number of hydrogen-bond acceptors (Lipinski definition) is 5. The Labute approximate surface area is 184 Å². The van der Waals surface area contributed by atoms with Gasteiger partial charge in [0, 0.05) is 11.7 Å². The molecule has 0 bridgehead atoms. The quantitative estimate of drug-likeness (QED) is 0.681. The lowest BCUT2D eigenvalue weighted by Crippen LogP contribution is -2.36. The number of benzene rings is 2. The van der Waals surface area contributed by atoms with Crippen LogP contribution in [0.15, 0.2) is 47.4 Å². The number of sulfonamides is 1. The summed E-state index contributed by atoms with van der Waals surface area (Å²) in [6.45, 7) is 2.82. The van der Waals surface area contributed by atoms with Crippen molar-refractivity contribution in [3.05, 3.63) is 53.6 Å². The Morgan fingerprint density at radius 2 is 1.87 bits per heavy atom. The summed E-state index contributed by atoms with van der Waals surface area (Å²) in [7, 11) is -0.570. The summed E-state index contributed by atoms with van der Waals surface area (Å²) in [6, 6.07) is 13.1. The van der Waals surface area contributed by atoms with E-state index in [0.717, 1.165) is 38.0 Å². The first kappa shape index (κ1) is 23.2. The largest absolute Gasteiger partial charge is 0.497 e. The third kappa shape index (κ3) is 5.84. The van der Waals surface area contributed by atoms with Gasteiger partial charge in [0.05, 0.1) is 18.6 Å². The molecule has 2 aromatic rings. The van der Waals surface area contributed by atoms with Gasteiger partial charge in [0.1, 0.15) is 5.75 Å². The van der Waals surface area contributed by atoms with Gasteiger partial charge in [-0.1, -0.05) is 31.0 Å². The van der Waals surface area contributed by atoms with Crippen LogP contribution >= 0.6 is 0 Å². The number of anilines is 1. The number of carbonyl (C=O) groups excluding carboxylic acids is 1. The summed E-state index contributed by atoms with van der Waals surface area (Å²) in [6.07, 6.45) is 4.32. The molecule has 31 heavy (non-hydrogen) atoms. The molecule has 1 saturated heterocycles. The predicted molar refractivity (Wildman–Crippen MR) is 122 cm³/mol. The normalized spacial score (nSPS) is 17.7. The molecule has 0 spiro atoms. The molecule has 1 aliphatic heterocycles. The van der Waals surface area contributed by atoms with Gasteiger partial charge in [-0.3, -0.25) is 9.69 Å². The lowest BCUT2D eigenvalue weighted by molar-refractivity contribution is -0.117. The maximum Gasteiger partial charge on any atom is 0.240 e. The van der Waals surface area contributed by atoms with Gasteiger partial charge in [0.15, 0.2) is 0 Å². The maximum absolute atomic E-state index is 12.8. The second kappa shape index (κ2) is 10.3. The third-order valence-electron chi connectivity index (χ3n) is 5.74. The van der Waals surface area contributed by atoms with Gasteiger partial charge in [-0.25, -0.2) is 13.1 Å². The zero-order chi connectivity index (χ0) is 22.4. The molecule has 1 aliphatic rings. The number of amides is 1. The van der Waals surface area contributed by atoms with Crippen molar-refractivity contribution in [3.8, 4) is 5.75 Å². The molecule has 1 fully saturated rings. The average Bonchev–Trinajstić information content (AvgIpc) is 3.00. The fourth-order valence-electron chi connectivity index (χ4n) is 4.02. The highest BCUT2D eigenvalue weighted by Crippen LogP contribution is 2.31. The van der Waals surface area contributed by atoms with E-state index in [4.69, 9.17) is 4.74 Å². The Hall–Kier alpha value is -2.42. The predicted octanol–water partition coefficient (Wildman–Crippen LogP) is 3.47. The molecule has 0 unspecified atom stereocenters. The average molecular weight is 446 g/mol. The Bertz CT molecular complexity index is 1010. The van der Waals surface area contributed by atoms with Crippen LogP contribution in [0.5, 0.6) is 5.75 Å². The number of methoxy groups -OCH3 is 1. The Balaban J connectivity index is 1.75. The van der Waals surface area contributed by atoms with Crippen molar-refractivity contribution < 1.29 is 17.9 Å². The highest BCUT2D eigenvalue weighted by Gasteiger charge is 2.25. The Kier molecular flexibility index (Phi) is 7.69. The Morgan fingerprint density at radius 3 is 2.55 bits per heavy atom. The van der Waals surface area contributed by atoms with Crippen LogP contribution in [-0.4, -0.2) is 46.5 Å². The minimum Gasteiger partial charge on any atom is -0.497 e. The van der Waals surface area contributed by atoms with Crippen molar-refractivity contribution in [2.75, 3.05) is 32.6 Å². The topological polar surface area (TPSA) is 87.7 Å². The molecule has 168 valence electrons. The van der Waals surface area contributed by atoms with E-state index in [1.54, 1.807) is 26.2 Å². The van der Waals surface area contributed by atoms with Crippen LogP contribution in [0.4, 0.5) is 5.69 Å². The molecular weight excluding hydrogens is 414 g/mol. The number of ether oxygens (including phenoxy) is 1. The molecule has 0 aromatic heterocycles. The first-order valence-electron chi connectivity index (χ1n) is 10.6. The number of rotatable bonds is 7. The summed E-state index contributed by atoms with van der Waals surface area (Å²) in [4.78, 5) is 15.2. The summed E-state index contributed by atoms with van der Waals surface area (Å²) in [5.74, 6) is 0.658. The number of carbonyl (C=O) groups is 1. The number of likely N-dealkylation sites (tertiary alicyclic amines) is 1. The molecule has 2 N–H and O–H groups in total. The highest BCUT2D eigenvalue weighted by atomic mass is 32.2. The zero-order valence-electron chi connectivity index (χ0n) is 18.3. The van der Waals surface area contributed by atoms with Gasteiger partial charge in [0.2, 0.25) is 15.9 Å². The second-order valence-corrected chi connectivity index (χ2v) is 9.70. The van der Waals surface area contributed by atoms with E-state index in [1.807, 2.05) is 12.1 Å². The standard InChI is InChI=1S/C23H31N3O4S/c1-17-8-11-19(15-22(17)31(28,29)24-2)25-23(27)16-26-14-6-4-5-7-21(26)18-9-12-20(30-3)13-10-18/h8-13,15,21,24H,4-7,14,16H2,1-3H3,(H,25,27)/t21-/m1/s1. The van der Waals surface area contributed by atoms with Crippen LogP contribution in [0.2, 0.25) is 0 Å². The van der Waals surface area contributed by atoms with Crippen LogP contribution in [-0.2, 0) is 14.8 Å². The lowest BCUT2D eigenvalue weighted by atomic mass is 10.0. The van der Waals surface area contributed by atoms with Gasteiger partial charge in [0.25, 0.3) is 0 Å². The van der Waals surface area contributed by atoms with Crippen molar-refractivity contribution in [1.82, 2.24) is 9.62 Å². The molecule has 0 saturated carbocycles. The van der Waals surface area contributed by atoms with E-state index >= 15 is 0 Å². The zero-order valence-corrected chi connectivity index (χ0v) is 19.2. The monoisotopic (exact) mass is 445 g/mol. The molecule has 1 atom stereocenters. The molecule has 8 heteroatoms. The fraction of sp³-hybridized carbons (Fsp3) is 0.435. The molecule has 7 nitrogen and oxygen atoms in total. The molecular formula is C23H31N3O4S. The lowest BCUT2D eigenvalue weighted by Gasteiger charge is -2.30. The van der Waals surface area contributed by atoms with Crippen LogP contribution in [0, 0.1) is 6.92 Å². The van der Waals surface area contributed by atoms with Crippen molar-refractivity contribution in [2.24, 2.45) is 0 Å². The van der Waals surface area contributed by atoms with Crippen molar-refractivity contribution in [2.45, 2.75) is 43.5 Å². The number of aryl methyl sites for hydroxylation is 1. The highest BCUT2D eigenvalue weighted by molar-refractivity contribution is 7.89. The van der Waals surface area contributed by atoms with E-state index in [-0.39, 0.29) is 23.4 Å². The summed E-state index contributed by atoms with van der Waals surface area (Å²) < 4.78 is 32.0. The smallest absolute Gasteiger partial charge is 0.240 e. The van der Waals surface area contributed by atoms with Gasteiger partial charge < -0.3 is 10.1 Å². The molecule has 0 radical (unpaired) electrons. The first-order chi connectivity index (χ1) is 14.8. The molecule has 0 aliphatic carbocycles. The van der Waals surface area contributed by atoms with Crippen molar-refractivity contribution in [1.29, 1.82) is 0 Å². The molecule has 3 rings (SSSR count). The van der Waals surface area contributed by atoms with E-state index < -0.39 is 10.0 Å². The fourth-order valence-corrected chi connectivity index (χ4v) is 5.02. The SMILES string of the molecule is CNS(=O)(=O)c1cc(NC(=O)CN2CCCCC[C@@H]2c2ccc(OC)cc2)ccc1C. The summed E-state index contributed by atoms with van der Waals surface area (Å²) >= 11 is 0. The minimum absolute atomic E-state index is 0.155. The minimum atomic E-state index is -3.59. The van der Waals surface area contributed by atoms with E-state index in [0.29, 0.717) is 11.3 Å². The molecule has 1 amide bonds. The third-order valence-corrected chi connectivity index (χ3v) is 7.30. The van der Waals surface area contributed by atoms with Crippen molar-refractivity contribution >= 4 is 21.6 Å². The van der Waals surface area contributed by atoms with Gasteiger partial charge in [-0.05, 0) is 68.8 Å². The molecule has 2 aromatic carbocycles. The Morgan fingerprint density at radius 1 is 1.13 bits per heavy atom. The van der Waals surface area contributed by atoms with Gasteiger partial charge in [-0.15, -0.1) is 0 Å². The van der Waals surface area contributed by atoms with Crippen LogP contribution in [0.1, 0.15) is 42.9 Å². The second-order valence-electron chi connectivity index (χ2n) is 7.84. The van der Waals surface area contributed by atoms with Crippen molar-refractivity contribution in [3.63, 3.8) is 0 Å². The number of nitrogens with zero attached hydrogens (tertiary/aromatic N) is 1. The number of hydrogen-bond donors (Lipinski definition) is 2. The van der Waals surface area contributed by atoms with Crippen LogP contribution in [0.25, 0.3) is 0 Å². The summed E-state index contributed by atoms with van der Waals surface area (Å²) in [5.41, 5.74) is 2.27. The van der Waals surface area contributed by atoms with Gasteiger partial charge >= 0.3 is 0 Å². The first-order valence-corrected chi connectivity index (χ1v) is 12.0. The van der Waals surface area contributed by atoms with E-state index in [1.165, 1.54) is 18.7 Å². The summed E-state index contributed by atoms with van der Waals surface area (Å²) in [5, 5.41) is 2.87. The van der Waals surface area contributed by atoms with E-state index in [2.05, 4.69) is 27.1 Å². The van der Waals surface area contributed by atoms with E-state index in [9.17, 15) is 13.2 Å². The van der Waals surface area contributed by atoms with Crippen LogP contribution in [0.3, 0.4) is 0 Å². The van der Waals surface area contributed by atoms with Gasteiger partial charge in [-0.2, -0.15) is 0 Å². The molecule has 1 heterocycles. The number of nitrogens with one attached hydrogen (secondary N) is 2. The van der Waals surface area contributed by atoms with Crippen LogP contribution < -0.4 is 14.8 Å².